The Kier molecular flexibility index (Phi) is 4.94. The van der Waals surface area contributed by atoms with Crippen molar-refractivity contribution in [1.29, 1.82) is 0 Å². The van der Waals surface area contributed by atoms with E-state index in [-0.39, 0.29) is 0 Å². The Balaban J connectivity index is 2.51. The molecule has 0 saturated heterocycles. The molecule has 6 nitrogen and oxygen atoms in total. The third-order valence-corrected chi connectivity index (χ3v) is 2.96. The van der Waals surface area contributed by atoms with Gasteiger partial charge in [-0.15, -0.1) is 0 Å². The number of anilines is 1. The number of halogens is 1. The molecule has 0 aliphatic heterocycles. The van der Waals surface area contributed by atoms with Crippen molar-refractivity contribution < 1.29 is 13.2 Å². The minimum absolute atomic E-state index is 0.500. The number of sulfonamides is 1. The van der Waals surface area contributed by atoms with Crippen LogP contribution in [-0.2, 0) is 14.8 Å². The number of hydrazine groups is 1. The molecular formula is C10H14ClN3O3S. The zero-order valence-electron chi connectivity index (χ0n) is 9.90. The molecule has 0 heterocycles. The molecule has 0 unspecified atom stereocenters. The molecule has 1 aromatic rings. The highest BCUT2D eigenvalue weighted by Crippen LogP contribution is 2.13. The fourth-order valence-corrected chi connectivity index (χ4v) is 2.12. The minimum atomic E-state index is -3.42. The number of hydrogen-bond acceptors (Lipinski definition) is 4. The van der Waals surface area contributed by atoms with E-state index in [0.29, 0.717) is 10.7 Å². The van der Waals surface area contributed by atoms with Crippen molar-refractivity contribution in [3.05, 3.63) is 29.3 Å². The maximum atomic E-state index is 11.5. The molecule has 100 valence electrons. The Morgan fingerprint density at radius 1 is 1.39 bits per heavy atom. The van der Waals surface area contributed by atoms with Crippen molar-refractivity contribution in [2.75, 3.05) is 11.7 Å². The smallest absolute Gasteiger partial charge is 0.256 e. The first-order valence-electron chi connectivity index (χ1n) is 5.06. The van der Waals surface area contributed by atoms with Gasteiger partial charge in [0.25, 0.3) is 5.91 Å². The molecule has 1 atom stereocenters. The predicted octanol–water partition coefficient (Wildman–Crippen LogP) is 0.721. The molecule has 1 amide bonds. The van der Waals surface area contributed by atoms with Gasteiger partial charge in [0.05, 0.1) is 18.0 Å². The van der Waals surface area contributed by atoms with Crippen LogP contribution >= 0.6 is 11.6 Å². The lowest BCUT2D eigenvalue weighted by Crippen LogP contribution is -2.46. The normalized spacial score (nSPS) is 12.8. The molecule has 0 saturated carbocycles. The largest absolute Gasteiger partial charge is 0.299 e. The Morgan fingerprint density at radius 2 is 2.06 bits per heavy atom. The minimum Gasteiger partial charge on any atom is -0.299 e. The molecule has 0 fully saturated rings. The zero-order valence-corrected chi connectivity index (χ0v) is 11.5. The van der Waals surface area contributed by atoms with E-state index in [2.05, 4.69) is 15.6 Å². The van der Waals surface area contributed by atoms with E-state index in [0.717, 1.165) is 6.26 Å². The van der Waals surface area contributed by atoms with E-state index in [4.69, 9.17) is 11.6 Å². The average Bonchev–Trinajstić information content (AvgIpc) is 2.23. The second-order valence-electron chi connectivity index (χ2n) is 3.74. The molecule has 0 aliphatic carbocycles. The van der Waals surface area contributed by atoms with Gasteiger partial charge in [-0.05, 0) is 25.1 Å². The summed E-state index contributed by atoms with van der Waals surface area (Å²) >= 11 is 5.77. The summed E-state index contributed by atoms with van der Waals surface area (Å²) in [5, 5.41) is 0.525. The van der Waals surface area contributed by atoms with E-state index in [1.165, 1.54) is 6.92 Å². The summed E-state index contributed by atoms with van der Waals surface area (Å²) in [6.45, 7) is 1.44. The van der Waals surface area contributed by atoms with Gasteiger partial charge >= 0.3 is 0 Å². The van der Waals surface area contributed by atoms with E-state index >= 15 is 0 Å². The van der Waals surface area contributed by atoms with Gasteiger partial charge in [0.1, 0.15) is 0 Å². The molecule has 0 radical (unpaired) electrons. The first-order valence-corrected chi connectivity index (χ1v) is 7.33. The van der Waals surface area contributed by atoms with Crippen LogP contribution < -0.4 is 15.6 Å². The number of carbonyl (C=O) groups is 1. The first kappa shape index (κ1) is 14.7. The Bertz CT molecular complexity index is 533. The molecule has 1 aromatic carbocycles. The molecule has 18 heavy (non-hydrogen) atoms. The van der Waals surface area contributed by atoms with Gasteiger partial charge in [0.2, 0.25) is 10.0 Å². The van der Waals surface area contributed by atoms with Gasteiger partial charge in [-0.1, -0.05) is 17.7 Å². The summed E-state index contributed by atoms with van der Waals surface area (Å²) in [6, 6.07) is 5.88. The van der Waals surface area contributed by atoms with Crippen molar-refractivity contribution in [1.82, 2.24) is 10.1 Å². The molecule has 0 spiro atoms. The lowest BCUT2D eigenvalue weighted by Gasteiger charge is -2.14. The van der Waals surface area contributed by atoms with E-state index in [9.17, 15) is 13.2 Å². The number of nitrogens with one attached hydrogen (secondary N) is 3. The summed E-state index contributed by atoms with van der Waals surface area (Å²) in [4.78, 5) is 11.5. The van der Waals surface area contributed by atoms with Gasteiger partial charge in [0.15, 0.2) is 0 Å². The van der Waals surface area contributed by atoms with Crippen LogP contribution in [0.3, 0.4) is 0 Å². The molecule has 0 bridgehead atoms. The van der Waals surface area contributed by atoms with Crippen molar-refractivity contribution in [3.8, 4) is 0 Å². The molecule has 3 N–H and O–H groups in total. The summed E-state index contributed by atoms with van der Waals surface area (Å²) < 4.78 is 24.0. The molecule has 0 aromatic heterocycles. The van der Waals surface area contributed by atoms with E-state index in [1.807, 2.05) is 0 Å². The van der Waals surface area contributed by atoms with Gasteiger partial charge < -0.3 is 0 Å². The fourth-order valence-electron chi connectivity index (χ4n) is 1.18. The fraction of sp³-hybridized carbons (Fsp3) is 0.300. The van der Waals surface area contributed by atoms with Crippen LogP contribution in [0.1, 0.15) is 6.92 Å². The second kappa shape index (κ2) is 6.03. The SMILES string of the molecule is C[C@H](NS(C)(=O)=O)C(=O)NNc1cccc(Cl)c1. The highest BCUT2D eigenvalue weighted by atomic mass is 35.5. The van der Waals surface area contributed by atoms with Crippen LogP contribution in [0, 0.1) is 0 Å². The van der Waals surface area contributed by atoms with Crippen LogP contribution in [0.25, 0.3) is 0 Å². The van der Waals surface area contributed by atoms with E-state index < -0.39 is 22.0 Å². The van der Waals surface area contributed by atoms with Crippen molar-refractivity contribution in [2.24, 2.45) is 0 Å². The molecule has 8 heteroatoms. The first-order chi connectivity index (χ1) is 8.28. The highest BCUT2D eigenvalue weighted by Gasteiger charge is 2.16. The van der Waals surface area contributed by atoms with Gasteiger partial charge in [-0.3, -0.25) is 15.6 Å². The number of rotatable bonds is 5. The monoisotopic (exact) mass is 291 g/mol. The van der Waals surface area contributed by atoms with Gasteiger partial charge in [-0.25, -0.2) is 13.1 Å². The Labute approximate surface area is 111 Å². The van der Waals surface area contributed by atoms with Gasteiger partial charge in [-0.2, -0.15) is 0 Å². The van der Waals surface area contributed by atoms with Crippen LogP contribution in [-0.4, -0.2) is 26.6 Å². The summed E-state index contributed by atoms with van der Waals surface area (Å²) in [5.74, 6) is -0.500. The maximum absolute atomic E-state index is 11.5. The second-order valence-corrected chi connectivity index (χ2v) is 5.95. The van der Waals surface area contributed by atoms with Crippen molar-refractivity contribution in [2.45, 2.75) is 13.0 Å². The number of amides is 1. The number of benzene rings is 1. The average molecular weight is 292 g/mol. The quantitative estimate of drug-likeness (QED) is 0.698. The van der Waals surface area contributed by atoms with Gasteiger partial charge in [0, 0.05) is 5.02 Å². The van der Waals surface area contributed by atoms with E-state index in [1.54, 1.807) is 24.3 Å². The Hall–Kier alpha value is -1.31. The lowest BCUT2D eigenvalue weighted by atomic mass is 10.3. The topological polar surface area (TPSA) is 87.3 Å². The van der Waals surface area contributed by atoms with Crippen LogP contribution in [0.5, 0.6) is 0 Å². The third-order valence-electron chi connectivity index (χ3n) is 1.94. The maximum Gasteiger partial charge on any atom is 0.256 e. The number of hydrogen-bond donors (Lipinski definition) is 3. The van der Waals surface area contributed by atoms with Crippen molar-refractivity contribution in [3.63, 3.8) is 0 Å². The molecule has 1 rings (SSSR count). The summed E-state index contributed by atoms with van der Waals surface area (Å²) in [7, 11) is -3.42. The Morgan fingerprint density at radius 3 is 2.61 bits per heavy atom. The van der Waals surface area contributed by atoms with Crippen LogP contribution in [0.15, 0.2) is 24.3 Å². The number of carbonyl (C=O) groups excluding carboxylic acids is 1. The summed E-state index contributed by atoms with van der Waals surface area (Å²) in [6.07, 6.45) is 0.987. The third kappa shape index (κ3) is 5.35. The highest BCUT2D eigenvalue weighted by molar-refractivity contribution is 7.88. The van der Waals surface area contributed by atoms with Crippen LogP contribution in [0.2, 0.25) is 5.02 Å². The molecule has 0 aliphatic rings. The summed E-state index contributed by atoms with van der Waals surface area (Å²) in [5.41, 5.74) is 5.61. The standard InChI is InChI=1S/C10H14ClN3O3S/c1-7(14-18(2,16)17)10(15)13-12-9-5-3-4-8(11)6-9/h3-7,12,14H,1-2H3,(H,13,15)/t7-/m0/s1. The zero-order chi connectivity index (χ0) is 13.8. The van der Waals surface area contributed by atoms with Crippen LogP contribution in [0.4, 0.5) is 5.69 Å². The van der Waals surface area contributed by atoms with Crippen molar-refractivity contribution >= 4 is 33.2 Å². The predicted molar refractivity (Wildman–Crippen MR) is 70.7 cm³/mol. The lowest BCUT2D eigenvalue weighted by molar-refractivity contribution is -0.121. The molecular weight excluding hydrogens is 278 g/mol.